The molecule has 0 aromatic heterocycles. The summed E-state index contributed by atoms with van der Waals surface area (Å²) in [6, 6.07) is 0. The number of likely N-dealkylation sites (N-methyl/N-ethyl adjacent to an activating group) is 1. The highest BCUT2D eigenvalue weighted by atomic mass is 16.2. The van der Waals surface area contributed by atoms with Crippen molar-refractivity contribution in [2.45, 2.75) is 41.0 Å². The summed E-state index contributed by atoms with van der Waals surface area (Å²) >= 11 is 0. The van der Waals surface area contributed by atoms with Crippen molar-refractivity contribution >= 4 is 5.91 Å². The average molecular weight is 216 g/mol. The average Bonchev–Trinajstić information content (AvgIpc) is 2.20. The topological polar surface area (TPSA) is 32.3 Å². The molecule has 3 heteroatoms. The van der Waals surface area contributed by atoms with E-state index in [-0.39, 0.29) is 11.3 Å². The van der Waals surface area contributed by atoms with Crippen LogP contribution in [0.4, 0.5) is 0 Å². The molecule has 0 heterocycles. The first-order valence-electron chi connectivity index (χ1n) is 5.83. The third kappa shape index (κ3) is 8.43. The van der Waals surface area contributed by atoms with Crippen molar-refractivity contribution in [3.63, 3.8) is 0 Å². The largest absolute Gasteiger partial charge is 0.354 e. The Kier molecular flexibility index (Phi) is 9.79. The number of nitrogens with one attached hydrogen (secondary N) is 1. The van der Waals surface area contributed by atoms with Crippen LogP contribution in [0.15, 0.2) is 0 Å². The van der Waals surface area contributed by atoms with Gasteiger partial charge < -0.3 is 10.2 Å². The van der Waals surface area contributed by atoms with Crippen LogP contribution < -0.4 is 5.32 Å². The lowest BCUT2D eigenvalue weighted by Crippen LogP contribution is -2.39. The number of hydrogen-bond donors (Lipinski definition) is 1. The van der Waals surface area contributed by atoms with Gasteiger partial charge in [-0.2, -0.15) is 0 Å². The number of hydrogen-bond acceptors (Lipinski definition) is 2. The highest BCUT2D eigenvalue weighted by Gasteiger charge is 2.24. The van der Waals surface area contributed by atoms with Crippen LogP contribution in [0.1, 0.15) is 41.0 Å². The van der Waals surface area contributed by atoms with Crippen LogP contribution >= 0.6 is 0 Å². The highest BCUT2D eigenvalue weighted by molar-refractivity contribution is 5.81. The van der Waals surface area contributed by atoms with Gasteiger partial charge in [0.1, 0.15) is 0 Å². The maximum atomic E-state index is 11.5. The molecule has 0 unspecified atom stereocenters. The van der Waals surface area contributed by atoms with Crippen molar-refractivity contribution in [3.05, 3.63) is 0 Å². The predicted octanol–water partition coefficient (Wildman–Crippen LogP) is 2.13. The molecule has 3 nitrogen and oxygen atoms in total. The fourth-order valence-electron chi connectivity index (χ4n) is 0.793. The molecular formula is C12H28N2O. The summed E-state index contributed by atoms with van der Waals surface area (Å²) in [5, 5.41) is 2.92. The zero-order valence-corrected chi connectivity index (χ0v) is 11.5. The summed E-state index contributed by atoms with van der Waals surface area (Å²) in [4.78, 5) is 13.6. The van der Waals surface area contributed by atoms with Crippen LogP contribution in [-0.4, -0.2) is 38.0 Å². The van der Waals surface area contributed by atoms with Crippen molar-refractivity contribution in [2.24, 2.45) is 5.41 Å². The molecule has 1 amide bonds. The Morgan fingerprint density at radius 3 is 2.07 bits per heavy atom. The predicted molar refractivity (Wildman–Crippen MR) is 67.0 cm³/mol. The highest BCUT2D eigenvalue weighted by Crippen LogP contribution is 2.18. The van der Waals surface area contributed by atoms with Crippen LogP contribution in [0.2, 0.25) is 0 Å². The van der Waals surface area contributed by atoms with Crippen LogP contribution in [0.5, 0.6) is 0 Å². The molecule has 0 aliphatic carbocycles. The van der Waals surface area contributed by atoms with Gasteiger partial charge in [0, 0.05) is 18.5 Å². The third-order valence-electron chi connectivity index (χ3n) is 2.34. The molecule has 0 rings (SSSR count). The molecule has 0 atom stereocenters. The Labute approximate surface area is 95.2 Å². The molecule has 0 fully saturated rings. The van der Waals surface area contributed by atoms with Crippen molar-refractivity contribution in [1.29, 1.82) is 0 Å². The van der Waals surface area contributed by atoms with Crippen LogP contribution in [0, 0.1) is 5.41 Å². The van der Waals surface area contributed by atoms with Gasteiger partial charge in [-0.1, -0.05) is 34.6 Å². The zero-order valence-electron chi connectivity index (χ0n) is 11.5. The van der Waals surface area contributed by atoms with E-state index in [2.05, 4.69) is 10.2 Å². The van der Waals surface area contributed by atoms with E-state index in [1.54, 1.807) is 0 Å². The minimum absolute atomic E-state index is 0.150. The number of rotatable bonds is 5. The first-order valence-corrected chi connectivity index (χ1v) is 5.83. The fourth-order valence-corrected chi connectivity index (χ4v) is 0.793. The fraction of sp³-hybridized carbons (Fsp3) is 0.917. The second-order valence-electron chi connectivity index (χ2n) is 4.30. The standard InChI is InChI=1S/C10H22N2O.C2H6/c1-6-10(2,3)9(13)11-7-8-12(4)5;1-2/h6-8H2,1-5H3,(H,11,13);1-2H3. The van der Waals surface area contributed by atoms with Crippen molar-refractivity contribution in [1.82, 2.24) is 10.2 Å². The maximum absolute atomic E-state index is 11.5. The molecule has 92 valence electrons. The monoisotopic (exact) mass is 216 g/mol. The van der Waals surface area contributed by atoms with Gasteiger partial charge in [-0.3, -0.25) is 4.79 Å². The van der Waals surface area contributed by atoms with Crippen LogP contribution in [0.25, 0.3) is 0 Å². The summed E-state index contributed by atoms with van der Waals surface area (Å²) in [5.74, 6) is 0.150. The quantitative estimate of drug-likeness (QED) is 0.763. The lowest BCUT2D eigenvalue weighted by atomic mass is 9.89. The summed E-state index contributed by atoms with van der Waals surface area (Å²) in [5.41, 5.74) is -0.230. The van der Waals surface area contributed by atoms with Gasteiger partial charge in [0.15, 0.2) is 0 Å². The van der Waals surface area contributed by atoms with E-state index in [0.29, 0.717) is 0 Å². The molecule has 0 aliphatic rings. The molecular weight excluding hydrogens is 188 g/mol. The van der Waals surface area contributed by atoms with Crippen LogP contribution in [-0.2, 0) is 4.79 Å². The van der Waals surface area contributed by atoms with Crippen molar-refractivity contribution in [2.75, 3.05) is 27.2 Å². The van der Waals surface area contributed by atoms with Crippen molar-refractivity contribution in [3.8, 4) is 0 Å². The van der Waals surface area contributed by atoms with E-state index >= 15 is 0 Å². The first kappa shape index (κ1) is 16.8. The summed E-state index contributed by atoms with van der Waals surface area (Å²) in [6.07, 6.45) is 0.876. The smallest absolute Gasteiger partial charge is 0.225 e. The van der Waals surface area contributed by atoms with Crippen LogP contribution in [0.3, 0.4) is 0 Å². The number of carbonyl (C=O) groups is 1. The van der Waals surface area contributed by atoms with Gasteiger partial charge in [-0.15, -0.1) is 0 Å². The molecule has 0 saturated carbocycles. The van der Waals surface area contributed by atoms with Gasteiger partial charge >= 0.3 is 0 Å². The van der Waals surface area contributed by atoms with E-state index in [4.69, 9.17) is 0 Å². The molecule has 0 radical (unpaired) electrons. The van der Waals surface area contributed by atoms with Gasteiger partial charge in [0.05, 0.1) is 0 Å². The van der Waals surface area contributed by atoms with Gasteiger partial charge in [0.2, 0.25) is 5.91 Å². The second-order valence-corrected chi connectivity index (χ2v) is 4.30. The maximum Gasteiger partial charge on any atom is 0.225 e. The van der Waals surface area contributed by atoms with Gasteiger partial charge in [-0.05, 0) is 20.5 Å². The zero-order chi connectivity index (χ0) is 12.5. The molecule has 0 aromatic carbocycles. The molecule has 0 spiro atoms. The Morgan fingerprint density at radius 1 is 1.27 bits per heavy atom. The Bertz CT molecular complexity index is 165. The minimum atomic E-state index is -0.230. The Balaban J connectivity index is 0. The van der Waals surface area contributed by atoms with Gasteiger partial charge in [-0.25, -0.2) is 0 Å². The molecule has 0 saturated heterocycles. The van der Waals surface area contributed by atoms with E-state index in [1.165, 1.54) is 0 Å². The lowest BCUT2D eigenvalue weighted by molar-refractivity contribution is -0.129. The number of carbonyl (C=O) groups excluding carboxylic acids is 1. The number of nitrogens with zero attached hydrogens (tertiary/aromatic N) is 1. The molecule has 0 aromatic rings. The van der Waals surface area contributed by atoms with E-state index in [0.717, 1.165) is 19.5 Å². The summed E-state index contributed by atoms with van der Waals surface area (Å²) < 4.78 is 0. The van der Waals surface area contributed by atoms with E-state index < -0.39 is 0 Å². The van der Waals surface area contributed by atoms with Crippen molar-refractivity contribution < 1.29 is 4.79 Å². The number of amides is 1. The molecule has 1 N–H and O–H groups in total. The summed E-state index contributed by atoms with van der Waals surface area (Å²) in [6.45, 7) is 11.6. The molecule has 0 aliphatic heterocycles. The van der Waals surface area contributed by atoms with E-state index in [1.807, 2.05) is 48.7 Å². The SMILES string of the molecule is CC.CCC(C)(C)C(=O)NCCN(C)C. The van der Waals surface area contributed by atoms with Gasteiger partial charge in [0.25, 0.3) is 0 Å². The Hall–Kier alpha value is -0.570. The minimum Gasteiger partial charge on any atom is -0.354 e. The second kappa shape index (κ2) is 8.72. The lowest BCUT2D eigenvalue weighted by Gasteiger charge is -2.22. The summed E-state index contributed by atoms with van der Waals surface area (Å²) in [7, 11) is 3.99. The third-order valence-corrected chi connectivity index (χ3v) is 2.34. The first-order chi connectivity index (χ1) is 6.90. The van der Waals surface area contributed by atoms with E-state index in [9.17, 15) is 4.79 Å². The molecule has 0 bridgehead atoms. The Morgan fingerprint density at radius 2 is 1.73 bits per heavy atom. The molecule has 15 heavy (non-hydrogen) atoms. The normalized spacial score (nSPS) is 10.7.